The van der Waals surface area contributed by atoms with E-state index in [1.807, 2.05) is 30.3 Å². The lowest BCUT2D eigenvalue weighted by Crippen LogP contribution is -2.21. The van der Waals surface area contributed by atoms with Crippen molar-refractivity contribution in [3.63, 3.8) is 0 Å². The Kier molecular flexibility index (Phi) is 6.26. The molecule has 2 aromatic carbocycles. The third-order valence-corrected chi connectivity index (χ3v) is 5.99. The zero-order valence-corrected chi connectivity index (χ0v) is 21.5. The molecule has 0 aliphatic carbocycles. The summed E-state index contributed by atoms with van der Waals surface area (Å²) in [7, 11) is 1.78. The van der Waals surface area contributed by atoms with E-state index >= 15 is 0 Å². The van der Waals surface area contributed by atoms with Crippen LogP contribution in [0.2, 0.25) is 5.02 Å². The van der Waals surface area contributed by atoms with Gasteiger partial charge in [-0.05, 0) is 30.3 Å². The van der Waals surface area contributed by atoms with E-state index in [0.717, 1.165) is 16.6 Å². The smallest absolute Gasteiger partial charge is 0.324 e. The second-order valence-corrected chi connectivity index (χ2v) is 9.87. The molecule has 0 saturated carbocycles. The number of carbonyl (C=O) groups excluding carboxylic acids is 1. The molecule has 3 heterocycles. The van der Waals surface area contributed by atoms with Crippen LogP contribution in [0.15, 0.2) is 61.1 Å². The molecule has 11 heteroatoms. The maximum atomic E-state index is 12.6. The van der Waals surface area contributed by atoms with Crippen molar-refractivity contribution in [1.82, 2.24) is 29.9 Å². The summed E-state index contributed by atoms with van der Waals surface area (Å²) in [6.45, 7) is 6.19. The molecular formula is C26H25ClN8O2. The van der Waals surface area contributed by atoms with E-state index in [0.29, 0.717) is 39.4 Å². The van der Waals surface area contributed by atoms with E-state index in [9.17, 15) is 4.79 Å². The van der Waals surface area contributed by atoms with Crippen molar-refractivity contribution in [2.24, 2.45) is 7.05 Å². The minimum atomic E-state index is -0.411. The van der Waals surface area contributed by atoms with Gasteiger partial charge in [-0.1, -0.05) is 44.5 Å². The van der Waals surface area contributed by atoms with Crippen LogP contribution in [0.4, 0.5) is 16.3 Å². The minimum Gasteiger partial charge on any atom is -0.455 e. The number of hydrogen-bond donors (Lipinski definition) is 3. The van der Waals surface area contributed by atoms with Gasteiger partial charge in [-0.15, -0.1) is 0 Å². The van der Waals surface area contributed by atoms with Gasteiger partial charge in [0.1, 0.15) is 23.6 Å². The van der Waals surface area contributed by atoms with Crippen molar-refractivity contribution >= 4 is 40.2 Å². The van der Waals surface area contributed by atoms with Gasteiger partial charge >= 0.3 is 6.03 Å². The van der Waals surface area contributed by atoms with Gasteiger partial charge in [0.05, 0.1) is 28.0 Å². The van der Waals surface area contributed by atoms with Crippen LogP contribution in [-0.4, -0.2) is 36.0 Å². The average Bonchev–Trinajstić information content (AvgIpc) is 3.48. The first-order chi connectivity index (χ1) is 17.7. The van der Waals surface area contributed by atoms with Crippen LogP contribution in [0, 0.1) is 0 Å². The van der Waals surface area contributed by atoms with Gasteiger partial charge in [-0.3, -0.25) is 15.1 Å². The predicted molar refractivity (Wildman–Crippen MR) is 143 cm³/mol. The number of carbonyl (C=O) groups is 1. The Morgan fingerprint density at radius 2 is 1.86 bits per heavy atom. The topological polar surface area (TPSA) is 123 Å². The molecule has 188 valence electrons. The fraction of sp³-hybridized carbons (Fsp3) is 0.192. The zero-order chi connectivity index (χ0) is 26.2. The number of halogens is 1. The number of hydrogen-bond acceptors (Lipinski definition) is 6. The standard InChI is InChI=1S/C26H25ClN8O2/c1-26(2,3)21-12-22(35(4)34-21)32-25(36)31-15-9-10-20(18(27)11-15)37-19-8-6-5-7-16(19)23-17-13-30-33-24(17)29-14-28-23/h5-14H,1-4H3,(H2,31,32,36)(H,28,29,30,33). The molecule has 0 saturated heterocycles. The van der Waals surface area contributed by atoms with Gasteiger partial charge < -0.3 is 10.1 Å². The number of rotatable bonds is 5. The van der Waals surface area contributed by atoms with E-state index in [-0.39, 0.29) is 5.41 Å². The molecule has 5 aromatic rings. The molecule has 0 aliphatic heterocycles. The molecule has 0 aliphatic rings. The van der Waals surface area contributed by atoms with Gasteiger partial charge in [0, 0.05) is 29.8 Å². The average molecular weight is 517 g/mol. The second-order valence-electron chi connectivity index (χ2n) is 9.47. The number of aromatic amines is 1. The van der Waals surface area contributed by atoms with Gasteiger partial charge in [-0.25, -0.2) is 14.8 Å². The van der Waals surface area contributed by atoms with Crippen LogP contribution in [0.1, 0.15) is 26.5 Å². The van der Waals surface area contributed by atoms with Crippen LogP contribution >= 0.6 is 11.6 Å². The molecule has 0 fully saturated rings. The van der Waals surface area contributed by atoms with Crippen LogP contribution in [0.3, 0.4) is 0 Å². The Morgan fingerprint density at radius 1 is 1.05 bits per heavy atom. The molecule has 37 heavy (non-hydrogen) atoms. The molecule has 0 spiro atoms. The van der Waals surface area contributed by atoms with E-state index in [4.69, 9.17) is 16.3 Å². The van der Waals surface area contributed by atoms with Crippen molar-refractivity contribution in [3.05, 3.63) is 71.8 Å². The third-order valence-electron chi connectivity index (χ3n) is 5.69. The minimum absolute atomic E-state index is 0.131. The van der Waals surface area contributed by atoms with E-state index < -0.39 is 6.03 Å². The van der Waals surface area contributed by atoms with Crippen LogP contribution in [0.5, 0.6) is 11.5 Å². The molecule has 0 radical (unpaired) electrons. The van der Waals surface area contributed by atoms with Gasteiger partial charge in [0.25, 0.3) is 0 Å². The molecule has 10 nitrogen and oxygen atoms in total. The fourth-order valence-electron chi connectivity index (χ4n) is 3.74. The van der Waals surface area contributed by atoms with E-state index in [2.05, 4.69) is 56.7 Å². The first-order valence-electron chi connectivity index (χ1n) is 11.5. The summed E-state index contributed by atoms with van der Waals surface area (Å²) in [5.41, 5.74) is 3.34. The maximum Gasteiger partial charge on any atom is 0.324 e. The Labute approximate surface area is 218 Å². The van der Waals surface area contributed by atoms with Crippen molar-refractivity contribution in [2.45, 2.75) is 26.2 Å². The summed E-state index contributed by atoms with van der Waals surface area (Å²) >= 11 is 6.53. The highest BCUT2D eigenvalue weighted by atomic mass is 35.5. The molecule has 3 aromatic heterocycles. The number of benzene rings is 2. The maximum absolute atomic E-state index is 12.6. The third kappa shape index (κ3) is 5.10. The van der Waals surface area contributed by atoms with Crippen molar-refractivity contribution in [3.8, 4) is 22.8 Å². The Bertz CT molecular complexity index is 1600. The van der Waals surface area contributed by atoms with E-state index in [1.54, 1.807) is 36.1 Å². The van der Waals surface area contributed by atoms with Crippen molar-refractivity contribution < 1.29 is 9.53 Å². The number of nitrogens with zero attached hydrogens (tertiary/aromatic N) is 5. The van der Waals surface area contributed by atoms with Crippen molar-refractivity contribution in [2.75, 3.05) is 10.6 Å². The summed E-state index contributed by atoms with van der Waals surface area (Å²) in [5.74, 6) is 1.58. The Morgan fingerprint density at radius 3 is 2.62 bits per heavy atom. The quantitative estimate of drug-likeness (QED) is 0.258. The van der Waals surface area contributed by atoms with E-state index in [1.165, 1.54) is 6.33 Å². The number of H-pyrrole nitrogens is 1. The highest BCUT2D eigenvalue weighted by Gasteiger charge is 2.20. The molecule has 0 atom stereocenters. The molecule has 2 amide bonds. The zero-order valence-electron chi connectivity index (χ0n) is 20.7. The lowest BCUT2D eigenvalue weighted by molar-refractivity contribution is 0.262. The number of nitrogens with one attached hydrogen (secondary N) is 3. The second kappa shape index (κ2) is 9.55. The van der Waals surface area contributed by atoms with Crippen molar-refractivity contribution in [1.29, 1.82) is 0 Å². The molecule has 0 bridgehead atoms. The van der Waals surface area contributed by atoms with Gasteiger partial charge in [-0.2, -0.15) is 10.2 Å². The molecule has 3 N–H and O–H groups in total. The number of para-hydroxylation sites is 1. The number of fused-ring (bicyclic) bond motifs is 1. The summed E-state index contributed by atoms with van der Waals surface area (Å²) in [5, 5.41) is 18.1. The summed E-state index contributed by atoms with van der Waals surface area (Å²) < 4.78 is 7.80. The number of amides is 2. The molecule has 0 unspecified atom stereocenters. The highest BCUT2D eigenvalue weighted by Crippen LogP contribution is 2.38. The molecule has 5 rings (SSSR count). The largest absolute Gasteiger partial charge is 0.455 e. The first-order valence-corrected chi connectivity index (χ1v) is 11.9. The summed E-state index contributed by atoms with van der Waals surface area (Å²) in [6, 6.07) is 14.0. The molecular weight excluding hydrogens is 492 g/mol. The number of aromatic nitrogens is 6. The van der Waals surface area contributed by atoms with Crippen LogP contribution < -0.4 is 15.4 Å². The number of anilines is 2. The normalized spacial score (nSPS) is 11.5. The predicted octanol–water partition coefficient (Wildman–Crippen LogP) is 6.14. The number of aryl methyl sites for hydroxylation is 1. The lowest BCUT2D eigenvalue weighted by Gasteiger charge is -2.14. The summed E-state index contributed by atoms with van der Waals surface area (Å²) in [4.78, 5) is 21.2. The SMILES string of the molecule is Cn1nc(C(C)(C)C)cc1NC(=O)Nc1ccc(Oc2ccccc2-c2ncnc3[nH]ncc23)c(Cl)c1. The Balaban J connectivity index is 1.33. The summed E-state index contributed by atoms with van der Waals surface area (Å²) in [6.07, 6.45) is 3.15. The lowest BCUT2D eigenvalue weighted by atomic mass is 9.92. The van der Waals surface area contributed by atoms with Crippen LogP contribution in [-0.2, 0) is 12.5 Å². The number of urea groups is 1. The highest BCUT2D eigenvalue weighted by molar-refractivity contribution is 6.32. The van der Waals surface area contributed by atoms with Crippen LogP contribution in [0.25, 0.3) is 22.3 Å². The van der Waals surface area contributed by atoms with Gasteiger partial charge in [0.2, 0.25) is 0 Å². The first kappa shape index (κ1) is 24.3. The fourth-order valence-corrected chi connectivity index (χ4v) is 3.96. The monoisotopic (exact) mass is 516 g/mol. The Hall–Kier alpha value is -4.44. The number of ether oxygens (including phenoxy) is 1. The van der Waals surface area contributed by atoms with Gasteiger partial charge in [0.15, 0.2) is 5.65 Å².